The minimum Gasteiger partial charge on any atom is -0.481 e. The molecule has 11 heteroatoms. The molecule has 0 bridgehead atoms. The van der Waals surface area contributed by atoms with Crippen LogP contribution in [-0.4, -0.2) is 43.8 Å². The topological polar surface area (TPSA) is 156 Å². The molecule has 2 aromatic carbocycles. The Balaban J connectivity index is 2.12. The first kappa shape index (κ1) is 22.7. The Bertz CT molecular complexity index is 1090. The van der Waals surface area contributed by atoms with E-state index in [1.165, 1.54) is 48.6 Å². The van der Waals surface area contributed by atoms with E-state index in [1.54, 1.807) is 13.1 Å². The predicted molar refractivity (Wildman–Crippen MR) is 110 cm³/mol. The summed E-state index contributed by atoms with van der Waals surface area (Å²) in [7, 11) is -2.32. The van der Waals surface area contributed by atoms with Crippen LogP contribution in [0.25, 0.3) is 6.08 Å². The molecule has 0 aliphatic heterocycles. The van der Waals surface area contributed by atoms with Crippen molar-refractivity contribution in [2.75, 3.05) is 18.9 Å². The number of allylic oxidation sites excluding steroid dienone is 1. The zero-order chi connectivity index (χ0) is 22.3. The second kappa shape index (κ2) is 9.76. The summed E-state index contributed by atoms with van der Waals surface area (Å²) in [6.45, 7) is -0.250. The number of carbonyl (C=O) groups excluding carboxylic acids is 1. The van der Waals surface area contributed by atoms with Gasteiger partial charge in [0.1, 0.15) is 5.69 Å². The van der Waals surface area contributed by atoms with Crippen LogP contribution in [-0.2, 0) is 14.8 Å². The number of rotatable bonds is 10. The van der Waals surface area contributed by atoms with Crippen molar-refractivity contribution in [3.8, 4) is 0 Å². The molecule has 0 atom stereocenters. The molecule has 2 aromatic rings. The zero-order valence-corrected chi connectivity index (χ0v) is 16.7. The van der Waals surface area contributed by atoms with E-state index in [4.69, 9.17) is 5.11 Å². The summed E-state index contributed by atoms with van der Waals surface area (Å²) in [5.41, 5.74) is 0.891. The maximum absolute atomic E-state index is 12.3. The summed E-state index contributed by atoms with van der Waals surface area (Å²) >= 11 is 0. The number of nitro benzene ring substituents is 1. The molecule has 0 spiro atoms. The highest BCUT2D eigenvalue weighted by Gasteiger charge is 2.15. The molecule has 0 saturated heterocycles. The van der Waals surface area contributed by atoms with Crippen LogP contribution in [0, 0.1) is 10.1 Å². The van der Waals surface area contributed by atoms with Crippen LogP contribution in [0.2, 0.25) is 0 Å². The maximum Gasteiger partial charge on any atom is 0.304 e. The largest absolute Gasteiger partial charge is 0.481 e. The number of nitro groups is 1. The van der Waals surface area contributed by atoms with E-state index >= 15 is 0 Å². The van der Waals surface area contributed by atoms with Crippen LogP contribution in [0.1, 0.15) is 22.3 Å². The number of benzene rings is 2. The number of hydrogen-bond acceptors (Lipinski definition) is 7. The fraction of sp³-hybridized carbons (Fsp3) is 0.158. The second-order valence-electron chi connectivity index (χ2n) is 6.05. The number of aliphatic carboxylic acids is 1. The smallest absolute Gasteiger partial charge is 0.304 e. The highest BCUT2D eigenvalue weighted by molar-refractivity contribution is 7.89. The van der Waals surface area contributed by atoms with Gasteiger partial charge >= 0.3 is 5.97 Å². The lowest BCUT2D eigenvalue weighted by Gasteiger charge is -2.06. The number of anilines is 1. The van der Waals surface area contributed by atoms with E-state index in [0.717, 1.165) is 0 Å². The molecular weight excluding hydrogens is 414 g/mol. The van der Waals surface area contributed by atoms with Gasteiger partial charge in [0.2, 0.25) is 10.0 Å². The number of nitrogens with one attached hydrogen (secondary N) is 2. The van der Waals surface area contributed by atoms with Crippen molar-refractivity contribution in [1.29, 1.82) is 0 Å². The molecule has 0 amide bonds. The number of nitrogens with zero attached hydrogens (tertiary/aromatic N) is 1. The number of sulfonamides is 1. The Morgan fingerprint density at radius 1 is 1.17 bits per heavy atom. The van der Waals surface area contributed by atoms with Gasteiger partial charge in [-0.25, -0.2) is 13.1 Å². The van der Waals surface area contributed by atoms with Gasteiger partial charge in [-0.3, -0.25) is 19.7 Å². The maximum atomic E-state index is 12.3. The zero-order valence-electron chi connectivity index (χ0n) is 15.9. The van der Waals surface area contributed by atoms with E-state index in [0.29, 0.717) is 11.3 Å². The Hall–Kier alpha value is -3.57. The molecule has 0 fully saturated rings. The van der Waals surface area contributed by atoms with Crippen molar-refractivity contribution >= 4 is 39.2 Å². The first-order valence-corrected chi connectivity index (χ1v) is 10.1. The van der Waals surface area contributed by atoms with Crippen molar-refractivity contribution in [3.05, 3.63) is 69.8 Å². The van der Waals surface area contributed by atoms with Crippen LogP contribution < -0.4 is 10.0 Å². The van der Waals surface area contributed by atoms with E-state index < -0.39 is 26.7 Å². The third-order valence-corrected chi connectivity index (χ3v) is 5.47. The van der Waals surface area contributed by atoms with Crippen molar-refractivity contribution in [2.45, 2.75) is 11.3 Å². The molecule has 0 radical (unpaired) electrons. The van der Waals surface area contributed by atoms with Gasteiger partial charge in [-0.2, -0.15) is 0 Å². The minimum atomic E-state index is -3.89. The van der Waals surface area contributed by atoms with Crippen LogP contribution >= 0.6 is 0 Å². The lowest BCUT2D eigenvalue weighted by Crippen LogP contribution is -2.26. The average molecular weight is 433 g/mol. The molecule has 0 unspecified atom stereocenters. The summed E-state index contributed by atoms with van der Waals surface area (Å²) in [6, 6.07) is 9.58. The van der Waals surface area contributed by atoms with Crippen molar-refractivity contribution in [3.63, 3.8) is 0 Å². The normalized spacial score (nSPS) is 11.4. The fourth-order valence-corrected chi connectivity index (χ4v) is 3.49. The van der Waals surface area contributed by atoms with Gasteiger partial charge in [-0.15, -0.1) is 0 Å². The van der Waals surface area contributed by atoms with Gasteiger partial charge in [0.25, 0.3) is 5.69 Å². The molecule has 0 aromatic heterocycles. The van der Waals surface area contributed by atoms with Gasteiger partial charge in [-0.1, -0.05) is 12.1 Å². The Labute approximate surface area is 172 Å². The van der Waals surface area contributed by atoms with Crippen molar-refractivity contribution in [1.82, 2.24) is 4.72 Å². The quantitative estimate of drug-likeness (QED) is 0.223. The van der Waals surface area contributed by atoms with Gasteiger partial charge in [-0.05, 0) is 42.0 Å². The van der Waals surface area contributed by atoms with E-state index in [9.17, 15) is 28.1 Å². The summed E-state index contributed by atoms with van der Waals surface area (Å²) in [4.78, 5) is 33.2. The van der Waals surface area contributed by atoms with Crippen LogP contribution in [0.3, 0.4) is 0 Å². The van der Waals surface area contributed by atoms with Crippen molar-refractivity contribution in [2.24, 2.45) is 0 Å². The number of carboxylic acid groups (broad SMARTS) is 1. The van der Waals surface area contributed by atoms with Crippen LogP contribution in [0.15, 0.2) is 53.4 Å². The van der Waals surface area contributed by atoms with Crippen LogP contribution in [0.5, 0.6) is 0 Å². The van der Waals surface area contributed by atoms with E-state index in [-0.39, 0.29) is 29.1 Å². The second-order valence-corrected chi connectivity index (χ2v) is 7.81. The lowest BCUT2D eigenvalue weighted by molar-refractivity contribution is -0.384. The molecule has 0 heterocycles. The summed E-state index contributed by atoms with van der Waals surface area (Å²) in [6.07, 6.45) is 2.30. The fourth-order valence-electron chi connectivity index (χ4n) is 2.46. The first-order chi connectivity index (χ1) is 14.1. The summed E-state index contributed by atoms with van der Waals surface area (Å²) in [5, 5.41) is 22.4. The molecule has 0 aliphatic carbocycles. The number of carbonyl (C=O) groups is 2. The van der Waals surface area contributed by atoms with Gasteiger partial charge in [0, 0.05) is 25.2 Å². The minimum absolute atomic E-state index is 0.105. The molecule has 30 heavy (non-hydrogen) atoms. The third-order valence-electron chi connectivity index (χ3n) is 4.00. The number of ketones is 1. The van der Waals surface area contributed by atoms with Crippen LogP contribution in [0.4, 0.5) is 11.4 Å². The van der Waals surface area contributed by atoms with E-state index in [2.05, 4.69) is 10.0 Å². The standard InChI is InChI=1S/C19H19N3O7S/c1-20-16-8-2-13(12-17(16)22(26)27)3-9-18(23)14-4-6-15(7-5-14)30(28,29)21-11-10-19(24)25/h2-9,12,20-21H,10-11H2,1H3,(H,24,25)/b9-3+. The Morgan fingerprint density at radius 3 is 2.40 bits per heavy atom. The monoisotopic (exact) mass is 433 g/mol. The molecular formula is C19H19N3O7S. The SMILES string of the molecule is CNc1ccc(/C=C/C(=O)c2ccc(S(=O)(=O)NCCC(=O)O)cc2)cc1[N+](=O)[O-]. The number of carboxylic acids is 1. The molecule has 2 rings (SSSR count). The van der Waals surface area contributed by atoms with E-state index in [1.807, 2.05) is 0 Å². The predicted octanol–water partition coefficient (Wildman–Crippen LogP) is 2.29. The van der Waals surface area contributed by atoms with Gasteiger partial charge in [0.05, 0.1) is 16.2 Å². The molecule has 0 saturated carbocycles. The lowest BCUT2D eigenvalue weighted by atomic mass is 10.1. The average Bonchev–Trinajstić information content (AvgIpc) is 2.71. The summed E-state index contributed by atoms with van der Waals surface area (Å²) in [5.74, 6) is -1.55. The molecule has 158 valence electrons. The molecule has 3 N–H and O–H groups in total. The molecule has 10 nitrogen and oxygen atoms in total. The van der Waals surface area contributed by atoms with Gasteiger partial charge < -0.3 is 10.4 Å². The third kappa shape index (κ3) is 5.96. The molecule has 0 aliphatic rings. The Kier molecular flexibility index (Phi) is 7.39. The van der Waals surface area contributed by atoms with Gasteiger partial charge in [0.15, 0.2) is 5.78 Å². The Morgan fingerprint density at radius 2 is 1.83 bits per heavy atom. The highest BCUT2D eigenvalue weighted by Crippen LogP contribution is 2.25. The highest BCUT2D eigenvalue weighted by atomic mass is 32.2. The first-order valence-electron chi connectivity index (χ1n) is 8.64. The summed E-state index contributed by atoms with van der Waals surface area (Å²) < 4.78 is 26.3. The number of hydrogen-bond donors (Lipinski definition) is 3. The van der Waals surface area contributed by atoms with Crippen molar-refractivity contribution < 1.29 is 28.0 Å².